The van der Waals surface area contributed by atoms with Crippen molar-refractivity contribution in [3.05, 3.63) is 70.7 Å². The highest BCUT2D eigenvalue weighted by molar-refractivity contribution is 6.30. The lowest BCUT2D eigenvalue weighted by Gasteiger charge is -2.10. The Hall–Kier alpha value is -1.60. The number of carbonyl (C=O) groups excluding carboxylic acids is 1. The number of benzene rings is 2. The smallest absolute Gasteiger partial charge is 0.131 e. The first-order valence-electron chi connectivity index (χ1n) is 6.03. The Labute approximate surface area is 111 Å². The summed E-state index contributed by atoms with van der Waals surface area (Å²) in [5.41, 5.74) is 1.98. The maximum absolute atomic E-state index is 11.5. The average molecular weight is 257 g/mol. The van der Waals surface area contributed by atoms with Crippen molar-refractivity contribution in [3.8, 4) is 0 Å². The van der Waals surface area contributed by atoms with Crippen molar-refractivity contribution in [1.29, 1.82) is 0 Å². The van der Waals surface area contributed by atoms with Crippen molar-refractivity contribution < 1.29 is 4.79 Å². The van der Waals surface area contributed by atoms with E-state index in [1.54, 1.807) is 0 Å². The van der Waals surface area contributed by atoms with Crippen LogP contribution in [-0.2, 0) is 10.2 Å². The number of halogens is 1. The number of aldehydes is 1. The van der Waals surface area contributed by atoms with Gasteiger partial charge in [-0.3, -0.25) is 0 Å². The highest BCUT2D eigenvalue weighted by atomic mass is 35.5. The van der Waals surface area contributed by atoms with Gasteiger partial charge in [-0.2, -0.15) is 0 Å². The second-order valence-electron chi connectivity index (χ2n) is 4.83. The predicted molar refractivity (Wildman–Crippen MR) is 73.0 cm³/mol. The molecular weight excluding hydrogens is 244 g/mol. The van der Waals surface area contributed by atoms with Gasteiger partial charge in [-0.15, -0.1) is 0 Å². The molecule has 90 valence electrons. The predicted octanol–water partition coefficient (Wildman–Crippen LogP) is 3.96. The third kappa shape index (κ3) is 1.75. The molecule has 1 saturated carbocycles. The van der Waals surface area contributed by atoms with Gasteiger partial charge in [0, 0.05) is 10.9 Å². The first kappa shape index (κ1) is 11.5. The maximum Gasteiger partial charge on any atom is 0.131 e. The molecule has 0 aliphatic heterocycles. The van der Waals surface area contributed by atoms with E-state index < -0.39 is 0 Å². The third-order valence-electron chi connectivity index (χ3n) is 3.80. The van der Waals surface area contributed by atoms with Crippen molar-refractivity contribution in [2.75, 3.05) is 0 Å². The molecular formula is C16H13ClO. The molecule has 0 spiro atoms. The number of hydrogen-bond acceptors (Lipinski definition) is 1. The standard InChI is InChI=1S/C16H13ClO/c17-14-8-6-12(7-9-14)15-10-16(15,11-18)13-4-2-1-3-5-13/h1-9,11,15H,10H2/t15-,16-/m1/s1. The lowest BCUT2D eigenvalue weighted by Crippen LogP contribution is -2.11. The first-order valence-corrected chi connectivity index (χ1v) is 6.41. The van der Waals surface area contributed by atoms with E-state index in [0.717, 1.165) is 23.3 Å². The summed E-state index contributed by atoms with van der Waals surface area (Å²) in [4.78, 5) is 11.5. The minimum Gasteiger partial charge on any atom is -0.302 e. The summed E-state index contributed by atoms with van der Waals surface area (Å²) in [6.07, 6.45) is 1.99. The maximum atomic E-state index is 11.5. The summed E-state index contributed by atoms with van der Waals surface area (Å²) < 4.78 is 0. The van der Waals surface area contributed by atoms with Crippen molar-refractivity contribution in [2.24, 2.45) is 0 Å². The van der Waals surface area contributed by atoms with Gasteiger partial charge in [0.05, 0.1) is 5.41 Å². The van der Waals surface area contributed by atoms with Gasteiger partial charge in [0.25, 0.3) is 0 Å². The minimum atomic E-state index is -0.324. The molecule has 0 amide bonds. The van der Waals surface area contributed by atoms with Gasteiger partial charge in [0.1, 0.15) is 6.29 Å². The molecule has 2 aromatic rings. The second-order valence-corrected chi connectivity index (χ2v) is 5.27. The largest absolute Gasteiger partial charge is 0.302 e. The van der Waals surface area contributed by atoms with E-state index in [9.17, 15) is 4.79 Å². The molecule has 0 bridgehead atoms. The lowest BCUT2D eigenvalue weighted by atomic mass is 9.92. The third-order valence-corrected chi connectivity index (χ3v) is 4.05. The molecule has 0 heterocycles. The van der Waals surface area contributed by atoms with Gasteiger partial charge in [-0.05, 0) is 29.7 Å². The van der Waals surface area contributed by atoms with Gasteiger partial charge in [-0.25, -0.2) is 0 Å². The zero-order valence-corrected chi connectivity index (χ0v) is 10.6. The average Bonchev–Trinajstić information content (AvgIpc) is 3.17. The second kappa shape index (κ2) is 4.25. The van der Waals surface area contributed by atoms with Gasteiger partial charge in [0.2, 0.25) is 0 Å². The molecule has 3 rings (SSSR count). The molecule has 0 radical (unpaired) electrons. The summed E-state index contributed by atoms with van der Waals surface area (Å²) >= 11 is 5.89. The zero-order valence-electron chi connectivity index (χ0n) is 9.84. The molecule has 1 aliphatic carbocycles. The van der Waals surface area contributed by atoms with E-state index in [-0.39, 0.29) is 11.3 Å². The Kier molecular flexibility index (Phi) is 2.71. The Bertz CT molecular complexity index is 561. The van der Waals surface area contributed by atoms with Gasteiger partial charge in [0.15, 0.2) is 0 Å². The van der Waals surface area contributed by atoms with E-state index in [1.165, 1.54) is 5.56 Å². The number of hydrogen-bond donors (Lipinski definition) is 0. The Balaban J connectivity index is 1.94. The monoisotopic (exact) mass is 256 g/mol. The van der Waals surface area contributed by atoms with Crippen LogP contribution in [0, 0.1) is 0 Å². The normalized spacial score (nSPS) is 25.7. The van der Waals surface area contributed by atoms with Crippen LogP contribution in [0.3, 0.4) is 0 Å². The highest BCUT2D eigenvalue weighted by Crippen LogP contribution is 2.59. The summed E-state index contributed by atoms with van der Waals surface area (Å²) in [5.74, 6) is 0.287. The van der Waals surface area contributed by atoms with Crippen LogP contribution in [0.25, 0.3) is 0 Å². The molecule has 2 atom stereocenters. The van der Waals surface area contributed by atoms with E-state index in [2.05, 4.69) is 0 Å². The van der Waals surface area contributed by atoms with Crippen molar-refractivity contribution in [2.45, 2.75) is 17.8 Å². The Morgan fingerprint density at radius 3 is 2.33 bits per heavy atom. The van der Waals surface area contributed by atoms with Gasteiger partial charge < -0.3 is 4.79 Å². The van der Waals surface area contributed by atoms with E-state index in [4.69, 9.17) is 11.6 Å². The van der Waals surface area contributed by atoms with Crippen molar-refractivity contribution >= 4 is 17.9 Å². The minimum absolute atomic E-state index is 0.287. The van der Waals surface area contributed by atoms with Crippen molar-refractivity contribution in [3.63, 3.8) is 0 Å². The van der Waals surface area contributed by atoms with Crippen LogP contribution in [0.2, 0.25) is 5.02 Å². The highest BCUT2D eigenvalue weighted by Gasteiger charge is 2.56. The van der Waals surface area contributed by atoms with Crippen LogP contribution in [0.5, 0.6) is 0 Å². The topological polar surface area (TPSA) is 17.1 Å². The Morgan fingerprint density at radius 2 is 1.72 bits per heavy atom. The lowest BCUT2D eigenvalue weighted by molar-refractivity contribution is -0.110. The van der Waals surface area contributed by atoms with E-state index >= 15 is 0 Å². The van der Waals surface area contributed by atoms with Gasteiger partial charge in [-0.1, -0.05) is 54.1 Å². The van der Waals surface area contributed by atoms with E-state index in [1.807, 2.05) is 54.6 Å². The SMILES string of the molecule is O=C[C@@]1(c2ccccc2)C[C@@H]1c1ccc(Cl)cc1. The summed E-state index contributed by atoms with van der Waals surface area (Å²) in [6.45, 7) is 0. The quantitative estimate of drug-likeness (QED) is 0.760. The Morgan fingerprint density at radius 1 is 1.06 bits per heavy atom. The van der Waals surface area contributed by atoms with Gasteiger partial charge >= 0.3 is 0 Å². The first-order chi connectivity index (χ1) is 8.76. The van der Waals surface area contributed by atoms with Crippen LogP contribution >= 0.6 is 11.6 Å². The fourth-order valence-corrected chi connectivity index (χ4v) is 2.78. The molecule has 18 heavy (non-hydrogen) atoms. The van der Waals surface area contributed by atoms with Crippen LogP contribution < -0.4 is 0 Å². The summed E-state index contributed by atoms with van der Waals surface area (Å²) in [7, 11) is 0. The molecule has 0 N–H and O–H groups in total. The van der Waals surface area contributed by atoms with Crippen LogP contribution in [0.15, 0.2) is 54.6 Å². The summed E-state index contributed by atoms with van der Waals surface area (Å²) in [6, 6.07) is 17.8. The molecule has 2 aromatic carbocycles. The molecule has 1 nitrogen and oxygen atoms in total. The number of carbonyl (C=O) groups is 1. The van der Waals surface area contributed by atoms with Crippen LogP contribution in [0.4, 0.5) is 0 Å². The van der Waals surface area contributed by atoms with Crippen LogP contribution in [0.1, 0.15) is 23.5 Å². The fourth-order valence-electron chi connectivity index (χ4n) is 2.65. The fraction of sp³-hybridized carbons (Fsp3) is 0.188. The molecule has 2 heteroatoms. The molecule has 1 aliphatic rings. The van der Waals surface area contributed by atoms with E-state index in [0.29, 0.717) is 0 Å². The zero-order chi connectivity index (χ0) is 12.6. The molecule has 1 fully saturated rings. The summed E-state index contributed by atoms with van der Waals surface area (Å²) in [5, 5.41) is 0.732. The molecule has 0 unspecified atom stereocenters. The van der Waals surface area contributed by atoms with Crippen LogP contribution in [-0.4, -0.2) is 6.29 Å². The molecule has 0 aromatic heterocycles. The van der Waals surface area contributed by atoms with Crippen molar-refractivity contribution in [1.82, 2.24) is 0 Å². The number of rotatable bonds is 3. The molecule has 0 saturated heterocycles.